The van der Waals surface area contributed by atoms with Crippen LogP contribution in [0.5, 0.6) is 0 Å². The molecule has 3 rings (SSSR count). The minimum Gasteiger partial charge on any atom is -0.353 e. The molecule has 0 N–H and O–H groups in total. The number of aromatic nitrogens is 1. The number of aryl methyl sites for hydroxylation is 1. The molecule has 0 spiro atoms. The Kier molecular flexibility index (Phi) is 4.02. The second-order valence-corrected chi connectivity index (χ2v) is 6.02. The van der Waals surface area contributed by atoms with Crippen molar-refractivity contribution in [3.63, 3.8) is 0 Å². The van der Waals surface area contributed by atoms with Gasteiger partial charge in [0.25, 0.3) is 0 Å². The van der Waals surface area contributed by atoms with Gasteiger partial charge in [-0.25, -0.2) is 0 Å². The zero-order chi connectivity index (χ0) is 14.8. The Morgan fingerprint density at radius 1 is 1.29 bits per heavy atom. The van der Waals surface area contributed by atoms with Gasteiger partial charge in [-0.15, -0.1) is 11.6 Å². The molecule has 0 saturated heterocycles. The first kappa shape index (κ1) is 14.2. The van der Waals surface area contributed by atoms with Crippen LogP contribution in [0.4, 0.5) is 0 Å². The van der Waals surface area contributed by atoms with Crippen LogP contribution in [0.1, 0.15) is 29.5 Å². The quantitative estimate of drug-likeness (QED) is 0.776. The monoisotopic (exact) mass is 302 g/mol. The van der Waals surface area contributed by atoms with Crippen LogP contribution >= 0.6 is 11.6 Å². The zero-order valence-corrected chi connectivity index (χ0v) is 12.8. The molecular weight excluding hydrogens is 284 g/mol. The Bertz CT molecular complexity index is 619. The smallest absolute Gasteiger partial charge is 0.245 e. The number of rotatable bonds is 5. The average molecular weight is 303 g/mol. The van der Waals surface area contributed by atoms with E-state index in [0.29, 0.717) is 12.6 Å². The van der Waals surface area contributed by atoms with Gasteiger partial charge in [0.05, 0.1) is 6.54 Å². The molecule has 0 bridgehead atoms. The average Bonchev–Trinajstić information content (AvgIpc) is 3.28. The Balaban J connectivity index is 1.78. The van der Waals surface area contributed by atoms with Crippen LogP contribution in [0.3, 0.4) is 0 Å². The van der Waals surface area contributed by atoms with E-state index < -0.39 is 5.38 Å². The topological polar surface area (TPSA) is 25.2 Å². The first-order chi connectivity index (χ1) is 10.2. The van der Waals surface area contributed by atoms with Gasteiger partial charge >= 0.3 is 0 Å². The number of alkyl halides is 1. The molecule has 1 aromatic heterocycles. The van der Waals surface area contributed by atoms with Crippen molar-refractivity contribution < 1.29 is 4.79 Å². The molecular formula is C17H19ClN2O. The van der Waals surface area contributed by atoms with E-state index in [-0.39, 0.29) is 5.91 Å². The van der Waals surface area contributed by atoms with Gasteiger partial charge in [0.2, 0.25) is 5.91 Å². The van der Waals surface area contributed by atoms with E-state index in [4.69, 9.17) is 11.6 Å². The Morgan fingerprint density at radius 2 is 2.00 bits per heavy atom. The van der Waals surface area contributed by atoms with Gasteiger partial charge in [-0.2, -0.15) is 0 Å². The summed E-state index contributed by atoms with van der Waals surface area (Å²) in [6.45, 7) is 0.628. The molecule has 1 aromatic carbocycles. The minimum atomic E-state index is -0.605. The number of benzene rings is 1. The van der Waals surface area contributed by atoms with E-state index >= 15 is 0 Å². The van der Waals surface area contributed by atoms with E-state index in [1.54, 1.807) is 0 Å². The van der Waals surface area contributed by atoms with Crippen LogP contribution in [0, 0.1) is 0 Å². The molecule has 21 heavy (non-hydrogen) atoms. The van der Waals surface area contributed by atoms with E-state index in [0.717, 1.165) is 24.1 Å². The summed E-state index contributed by atoms with van der Waals surface area (Å²) in [5.41, 5.74) is 1.99. The highest BCUT2D eigenvalue weighted by atomic mass is 35.5. The van der Waals surface area contributed by atoms with Crippen molar-refractivity contribution in [1.29, 1.82) is 0 Å². The van der Waals surface area contributed by atoms with Crippen LogP contribution in [0.25, 0.3) is 0 Å². The van der Waals surface area contributed by atoms with Gasteiger partial charge in [0.1, 0.15) is 5.38 Å². The Labute approximate surface area is 130 Å². The summed E-state index contributed by atoms with van der Waals surface area (Å²) >= 11 is 6.41. The highest BCUT2D eigenvalue weighted by Crippen LogP contribution is 2.33. The van der Waals surface area contributed by atoms with Gasteiger partial charge in [-0.3, -0.25) is 4.79 Å². The third kappa shape index (κ3) is 3.13. The lowest BCUT2D eigenvalue weighted by Crippen LogP contribution is -2.35. The highest BCUT2D eigenvalue weighted by molar-refractivity contribution is 6.30. The van der Waals surface area contributed by atoms with Crippen LogP contribution in [-0.4, -0.2) is 21.4 Å². The second-order valence-electron chi connectivity index (χ2n) is 5.58. The maximum atomic E-state index is 12.7. The Hall–Kier alpha value is -1.74. The van der Waals surface area contributed by atoms with E-state index in [9.17, 15) is 4.79 Å². The first-order valence-electron chi connectivity index (χ1n) is 7.26. The fourth-order valence-electron chi connectivity index (χ4n) is 2.52. The Morgan fingerprint density at radius 3 is 2.57 bits per heavy atom. The number of hydrogen-bond donors (Lipinski definition) is 0. The molecule has 2 aromatic rings. The lowest BCUT2D eigenvalue weighted by atomic mass is 10.1. The van der Waals surface area contributed by atoms with Crippen molar-refractivity contribution in [3.8, 4) is 0 Å². The van der Waals surface area contributed by atoms with Gasteiger partial charge in [-0.1, -0.05) is 30.3 Å². The third-order valence-electron chi connectivity index (χ3n) is 3.96. The number of nitrogens with zero attached hydrogens (tertiary/aromatic N) is 2. The third-order valence-corrected chi connectivity index (χ3v) is 4.40. The lowest BCUT2D eigenvalue weighted by Gasteiger charge is -2.25. The van der Waals surface area contributed by atoms with Crippen molar-refractivity contribution >= 4 is 17.5 Å². The fourth-order valence-corrected chi connectivity index (χ4v) is 2.79. The minimum absolute atomic E-state index is 0.00608. The maximum Gasteiger partial charge on any atom is 0.245 e. The molecule has 0 radical (unpaired) electrons. The van der Waals surface area contributed by atoms with Gasteiger partial charge in [0, 0.05) is 25.0 Å². The van der Waals surface area contributed by atoms with Gasteiger partial charge in [-0.05, 0) is 30.5 Å². The number of carbonyl (C=O) groups excluding carboxylic acids is 1. The first-order valence-corrected chi connectivity index (χ1v) is 7.70. The van der Waals surface area contributed by atoms with E-state index in [1.165, 1.54) is 0 Å². The van der Waals surface area contributed by atoms with Gasteiger partial charge < -0.3 is 9.47 Å². The van der Waals surface area contributed by atoms with Crippen LogP contribution < -0.4 is 0 Å². The molecule has 0 aliphatic heterocycles. The molecule has 1 heterocycles. The predicted molar refractivity (Wildman–Crippen MR) is 84.0 cm³/mol. The SMILES string of the molecule is Cn1cccc1CN(C(=O)C(Cl)c1ccccc1)C1CC1. The van der Waals surface area contributed by atoms with E-state index in [1.807, 2.05) is 54.5 Å². The summed E-state index contributed by atoms with van der Waals surface area (Å²) in [5, 5.41) is -0.605. The largest absolute Gasteiger partial charge is 0.353 e. The molecule has 1 aliphatic rings. The normalized spacial score (nSPS) is 15.7. The van der Waals surface area contributed by atoms with Crippen molar-refractivity contribution in [2.24, 2.45) is 7.05 Å². The highest BCUT2D eigenvalue weighted by Gasteiger charge is 2.36. The summed E-state index contributed by atoms with van der Waals surface area (Å²) in [5.74, 6) is 0.00608. The van der Waals surface area contributed by atoms with Crippen LogP contribution in [0.2, 0.25) is 0 Å². The zero-order valence-electron chi connectivity index (χ0n) is 12.1. The number of carbonyl (C=O) groups is 1. The number of halogens is 1. The number of amides is 1. The summed E-state index contributed by atoms with van der Waals surface area (Å²) in [6, 6.07) is 14.0. The van der Waals surface area contributed by atoms with Crippen molar-refractivity contribution in [2.75, 3.05) is 0 Å². The van der Waals surface area contributed by atoms with E-state index in [2.05, 4.69) is 10.6 Å². The summed E-state index contributed by atoms with van der Waals surface area (Å²) in [4.78, 5) is 14.7. The molecule has 1 unspecified atom stereocenters. The standard InChI is InChI=1S/C17H19ClN2O/c1-19-11-5-8-15(19)12-20(14-9-10-14)17(21)16(18)13-6-3-2-4-7-13/h2-8,11,14,16H,9-10,12H2,1H3. The summed E-state index contributed by atoms with van der Waals surface area (Å²) in [7, 11) is 2.00. The second kappa shape index (κ2) is 5.94. The van der Waals surface area contributed by atoms with Crippen molar-refractivity contribution in [1.82, 2.24) is 9.47 Å². The van der Waals surface area contributed by atoms with Gasteiger partial charge in [0.15, 0.2) is 0 Å². The molecule has 1 aliphatic carbocycles. The fraction of sp³-hybridized carbons (Fsp3) is 0.353. The van der Waals surface area contributed by atoms with Crippen LogP contribution in [0.15, 0.2) is 48.7 Å². The molecule has 1 saturated carbocycles. The molecule has 1 amide bonds. The molecule has 110 valence electrons. The predicted octanol–water partition coefficient (Wildman–Crippen LogP) is 3.50. The molecule has 3 nitrogen and oxygen atoms in total. The summed E-state index contributed by atoms with van der Waals surface area (Å²) < 4.78 is 2.05. The van der Waals surface area contributed by atoms with Crippen molar-refractivity contribution in [2.45, 2.75) is 30.8 Å². The van der Waals surface area contributed by atoms with Crippen molar-refractivity contribution in [3.05, 3.63) is 59.9 Å². The molecule has 4 heteroatoms. The maximum absolute atomic E-state index is 12.7. The molecule has 1 atom stereocenters. The summed E-state index contributed by atoms with van der Waals surface area (Å²) in [6.07, 6.45) is 4.16. The molecule has 1 fully saturated rings. The number of hydrogen-bond acceptors (Lipinski definition) is 1. The van der Waals surface area contributed by atoms with Crippen LogP contribution in [-0.2, 0) is 18.4 Å². The lowest BCUT2D eigenvalue weighted by molar-refractivity contribution is -0.132.